The van der Waals surface area contributed by atoms with E-state index < -0.39 is 5.60 Å². The highest BCUT2D eigenvalue weighted by Crippen LogP contribution is 2.28. The van der Waals surface area contributed by atoms with Gasteiger partial charge in [-0.3, -0.25) is 4.98 Å². The topological polar surface area (TPSA) is 77.7 Å². The minimum atomic E-state index is -0.488. The van der Waals surface area contributed by atoms with Crippen LogP contribution in [0.4, 0.5) is 10.5 Å². The molecule has 1 atom stereocenters. The zero-order valence-electron chi connectivity index (χ0n) is 17.5. The Kier molecular flexibility index (Phi) is 6.11. The number of nitrogens with two attached hydrogens (primary N) is 1. The summed E-state index contributed by atoms with van der Waals surface area (Å²) in [7, 11) is 0. The van der Waals surface area contributed by atoms with Crippen LogP contribution in [0, 0.1) is 5.92 Å². The lowest BCUT2D eigenvalue weighted by Crippen LogP contribution is -2.41. The third-order valence-electron chi connectivity index (χ3n) is 4.63. The molecule has 0 bridgehead atoms. The van der Waals surface area contributed by atoms with Crippen molar-refractivity contribution in [3.63, 3.8) is 0 Å². The van der Waals surface area contributed by atoms with E-state index in [9.17, 15) is 4.79 Å². The van der Waals surface area contributed by atoms with Crippen LogP contribution in [0.1, 0.15) is 39.0 Å². The summed E-state index contributed by atoms with van der Waals surface area (Å²) in [4.78, 5) is 18.6. The number of nitrogens with zero attached hydrogens (tertiary/aromatic N) is 2. The molecule has 6 nitrogen and oxygen atoms in total. The smallest absolute Gasteiger partial charge is 0.410 e. The first-order chi connectivity index (χ1) is 13.7. The fourth-order valence-electron chi connectivity index (χ4n) is 3.19. The zero-order chi connectivity index (χ0) is 21.0. The summed E-state index contributed by atoms with van der Waals surface area (Å²) in [5.41, 5.74) is 9.02. The number of carbonyl (C=O) groups is 1. The van der Waals surface area contributed by atoms with E-state index in [1.165, 1.54) is 5.57 Å². The zero-order valence-corrected chi connectivity index (χ0v) is 17.5. The van der Waals surface area contributed by atoms with Gasteiger partial charge in [-0.25, -0.2) is 4.79 Å². The van der Waals surface area contributed by atoms with Gasteiger partial charge in [0, 0.05) is 25.0 Å². The summed E-state index contributed by atoms with van der Waals surface area (Å²) in [6.45, 7) is 9.31. The van der Waals surface area contributed by atoms with Gasteiger partial charge < -0.3 is 20.1 Å². The van der Waals surface area contributed by atoms with Crippen molar-refractivity contribution in [2.45, 2.75) is 39.9 Å². The van der Waals surface area contributed by atoms with Crippen molar-refractivity contribution in [2.75, 3.05) is 18.8 Å². The van der Waals surface area contributed by atoms with E-state index in [1.807, 2.05) is 57.3 Å². The Labute approximate surface area is 172 Å². The summed E-state index contributed by atoms with van der Waals surface area (Å²) in [5.74, 6) is 0.964. The lowest BCUT2D eigenvalue weighted by Gasteiger charge is -2.33. The number of carbonyl (C=O) groups excluding carboxylic acids is 1. The molecule has 1 aromatic carbocycles. The summed E-state index contributed by atoms with van der Waals surface area (Å²) in [6, 6.07) is 11.3. The largest absolute Gasteiger partial charge is 0.487 e. The summed E-state index contributed by atoms with van der Waals surface area (Å²) >= 11 is 0. The van der Waals surface area contributed by atoms with Crippen molar-refractivity contribution in [1.82, 2.24) is 9.88 Å². The summed E-state index contributed by atoms with van der Waals surface area (Å²) < 4.78 is 11.2. The van der Waals surface area contributed by atoms with E-state index in [2.05, 4.69) is 24.1 Å². The van der Waals surface area contributed by atoms with Gasteiger partial charge in [-0.2, -0.15) is 0 Å². The van der Waals surface area contributed by atoms with Gasteiger partial charge in [0.1, 0.15) is 18.0 Å². The van der Waals surface area contributed by atoms with Crippen molar-refractivity contribution in [2.24, 2.45) is 5.92 Å². The van der Waals surface area contributed by atoms with E-state index >= 15 is 0 Å². The highest BCUT2D eigenvalue weighted by Gasteiger charge is 2.27. The number of pyridine rings is 1. The van der Waals surface area contributed by atoms with Gasteiger partial charge in [-0.15, -0.1) is 0 Å². The molecule has 0 radical (unpaired) electrons. The predicted octanol–water partition coefficient (Wildman–Crippen LogP) is 4.51. The minimum Gasteiger partial charge on any atom is -0.487 e. The first kappa shape index (κ1) is 20.7. The molecule has 0 fully saturated rings. The van der Waals surface area contributed by atoms with Gasteiger partial charge in [0.15, 0.2) is 0 Å². The Bertz CT molecular complexity index is 868. The van der Waals surface area contributed by atoms with Gasteiger partial charge >= 0.3 is 6.09 Å². The Balaban J connectivity index is 1.60. The number of hydrogen-bond acceptors (Lipinski definition) is 5. The molecule has 1 amide bonds. The van der Waals surface area contributed by atoms with Gasteiger partial charge in [-0.1, -0.05) is 19.1 Å². The average molecular weight is 396 g/mol. The number of ether oxygens (including phenoxy) is 2. The molecule has 1 aliphatic heterocycles. The molecule has 3 rings (SSSR count). The number of aromatic nitrogens is 1. The van der Waals surface area contributed by atoms with Crippen LogP contribution in [0.2, 0.25) is 0 Å². The number of nitrogen functional groups attached to an aromatic ring is 1. The van der Waals surface area contributed by atoms with Gasteiger partial charge in [0.2, 0.25) is 0 Å². The molecule has 6 heteroatoms. The van der Waals surface area contributed by atoms with E-state index in [0.717, 1.165) is 17.0 Å². The number of anilines is 1. The van der Waals surface area contributed by atoms with Crippen LogP contribution in [0.15, 0.2) is 48.7 Å². The molecular weight excluding hydrogens is 366 g/mol. The van der Waals surface area contributed by atoms with Crippen molar-refractivity contribution >= 4 is 17.4 Å². The van der Waals surface area contributed by atoms with Crippen LogP contribution in [0.3, 0.4) is 0 Å². The van der Waals surface area contributed by atoms with E-state index in [1.54, 1.807) is 4.90 Å². The maximum atomic E-state index is 12.3. The molecular formula is C23H29N3O3. The van der Waals surface area contributed by atoms with E-state index in [-0.39, 0.29) is 12.0 Å². The Hall–Kier alpha value is -3.02. The fraction of sp³-hybridized carbons (Fsp3) is 0.391. The van der Waals surface area contributed by atoms with Crippen LogP contribution >= 0.6 is 0 Å². The molecule has 2 heterocycles. The molecule has 1 aromatic heterocycles. The second kappa shape index (κ2) is 8.55. The second-order valence-corrected chi connectivity index (χ2v) is 8.34. The SMILES string of the molecule is CC1CN(C(=O)OC(C)(C)C)CC=C1c1ccc(COc2ccc(N)cc2)nc1. The van der Waals surface area contributed by atoms with Crippen molar-refractivity contribution in [3.05, 3.63) is 59.9 Å². The van der Waals surface area contributed by atoms with Crippen LogP contribution < -0.4 is 10.5 Å². The maximum absolute atomic E-state index is 12.3. The summed E-state index contributed by atoms with van der Waals surface area (Å²) in [6.07, 6.45) is 3.68. The number of hydrogen-bond donors (Lipinski definition) is 1. The highest BCUT2D eigenvalue weighted by molar-refractivity contribution is 5.73. The van der Waals surface area contributed by atoms with Crippen LogP contribution in [-0.2, 0) is 11.3 Å². The Morgan fingerprint density at radius 3 is 2.52 bits per heavy atom. The molecule has 2 N–H and O–H groups in total. The quantitative estimate of drug-likeness (QED) is 0.771. The predicted molar refractivity (Wildman–Crippen MR) is 114 cm³/mol. The maximum Gasteiger partial charge on any atom is 0.410 e. The van der Waals surface area contributed by atoms with Gasteiger partial charge in [0.25, 0.3) is 0 Å². The minimum absolute atomic E-state index is 0.204. The number of rotatable bonds is 4. The third-order valence-corrected chi connectivity index (χ3v) is 4.63. The Morgan fingerprint density at radius 2 is 1.93 bits per heavy atom. The van der Waals surface area contributed by atoms with Gasteiger partial charge in [-0.05, 0) is 68.2 Å². The fourth-order valence-corrected chi connectivity index (χ4v) is 3.19. The van der Waals surface area contributed by atoms with Crippen molar-refractivity contribution < 1.29 is 14.3 Å². The number of amides is 1. The van der Waals surface area contributed by atoms with Crippen molar-refractivity contribution in [3.8, 4) is 5.75 Å². The first-order valence-electron chi connectivity index (χ1n) is 9.83. The van der Waals surface area contributed by atoms with E-state index in [4.69, 9.17) is 15.2 Å². The molecule has 2 aromatic rings. The third kappa shape index (κ3) is 5.73. The van der Waals surface area contributed by atoms with Crippen LogP contribution in [-0.4, -0.2) is 34.7 Å². The molecule has 0 saturated carbocycles. The molecule has 29 heavy (non-hydrogen) atoms. The lowest BCUT2D eigenvalue weighted by molar-refractivity contribution is 0.0252. The highest BCUT2D eigenvalue weighted by atomic mass is 16.6. The average Bonchev–Trinajstić information content (AvgIpc) is 2.67. The lowest BCUT2D eigenvalue weighted by atomic mass is 9.91. The first-order valence-corrected chi connectivity index (χ1v) is 9.83. The molecule has 0 saturated heterocycles. The van der Waals surface area contributed by atoms with Crippen LogP contribution in [0.5, 0.6) is 5.75 Å². The van der Waals surface area contributed by atoms with Gasteiger partial charge in [0.05, 0.1) is 5.69 Å². The Morgan fingerprint density at radius 1 is 1.21 bits per heavy atom. The normalized spacial score (nSPS) is 16.9. The molecule has 0 spiro atoms. The number of benzene rings is 1. The molecule has 1 unspecified atom stereocenters. The standard InChI is InChI=1S/C23H29N3O3/c1-16-14-26(22(27)29-23(2,3)4)12-11-21(16)17-5-8-19(25-13-17)15-28-20-9-6-18(24)7-10-20/h5-11,13,16H,12,14-15,24H2,1-4H3. The molecule has 154 valence electrons. The molecule has 0 aliphatic carbocycles. The van der Waals surface area contributed by atoms with E-state index in [0.29, 0.717) is 25.4 Å². The monoisotopic (exact) mass is 395 g/mol. The van der Waals surface area contributed by atoms with Crippen molar-refractivity contribution in [1.29, 1.82) is 0 Å². The van der Waals surface area contributed by atoms with Crippen LogP contribution in [0.25, 0.3) is 5.57 Å². The second-order valence-electron chi connectivity index (χ2n) is 8.34. The molecule has 1 aliphatic rings. The summed E-state index contributed by atoms with van der Waals surface area (Å²) in [5, 5.41) is 0.